The van der Waals surface area contributed by atoms with Crippen molar-refractivity contribution in [1.29, 1.82) is 0 Å². The van der Waals surface area contributed by atoms with Gasteiger partial charge in [0.25, 0.3) is 0 Å². The molecule has 0 unspecified atom stereocenters. The van der Waals surface area contributed by atoms with Crippen LogP contribution in [0.15, 0.2) is 54.6 Å². The van der Waals surface area contributed by atoms with Crippen LogP contribution in [0.4, 0.5) is 0 Å². The van der Waals surface area contributed by atoms with Crippen LogP contribution in [-0.2, 0) is 0 Å². The SMILES string of the molecule is CC(C)COc1ccc(C#Cc2ccccc2)cc1. The average molecular weight is 250 g/mol. The fourth-order valence-electron chi connectivity index (χ4n) is 1.56. The van der Waals surface area contributed by atoms with Crippen LogP contribution in [0.1, 0.15) is 25.0 Å². The van der Waals surface area contributed by atoms with E-state index in [1.807, 2.05) is 54.6 Å². The summed E-state index contributed by atoms with van der Waals surface area (Å²) in [6, 6.07) is 17.9. The smallest absolute Gasteiger partial charge is 0.119 e. The van der Waals surface area contributed by atoms with E-state index in [0.29, 0.717) is 5.92 Å². The van der Waals surface area contributed by atoms with Gasteiger partial charge in [-0.05, 0) is 42.3 Å². The highest BCUT2D eigenvalue weighted by Crippen LogP contribution is 2.12. The summed E-state index contributed by atoms with van der Waals surface area (Å²) in [4.78, 5) is 0. The summed E-state index contributed by atoms with van der Waals surface area (Å²) in [6.45, 7) is 5.02. The first-order valence-electron chi connectivity index (χ1n) is 6.54. The third-order valence-electron chi connectivity index (χ3n) is 2.56. The molecular weight excluding hydrogens is 232 g/mol. The van der Waals surface area contributed by atoms with Crippen molar-refractivity contribution in [3.05, 3.63) is 65.7 Å². The Bertz CT molecular complexity index is 556. The highest BCUT2D eigenvalue weighted by molar-refractivity contribution is 5.44. The van der Waals surface area contributed by atoms with Crippen LogP contribution in [0.25, 0.3) is 0 Å². The minimum Gasteiger partial charge on any atom is -0.493 e. The van der Waals surface area contributed by atoms with E-state index in [9.17, 15) is 0 Å². The molecule has 0 N–H and O–H groups in total. The molecule has 0 saturated carbocycles. The van der Waals surface area contributed by atoms with Gasteiger partial charge in [-0.1, -0.05) is 43.9 Å². The fraction of sp³-hybridized carbons (Fsp3) is 0.222. The minimum atomic E-state index is 0.539. The standard InChI is InChI=1S/C18H18O/c1-15(2)14-19-18-12-10-17(11-13-18)9-8-16-6-4-3-5-7-16/h3-7,10-13,15H,14H2,1-2H3. The predicted molar refractivity (Wildman–Crippen MR) is 79.2 cm³/mol. The molecule has 0 aliphatic carbocycles. The van der Waals surface area contributed by atoms with E-state index >= 15 is 0 Å². The van der Waals surface area contributed by atoms with Gasteiger partial charge in [-0.3, -0.25) is 0 Å². The van der Waals surface area contributed by atoms with Gasteiger partial charge in [0.05, 0.1) is 6.61 Å². The zero-order valence-corrected chi connectivity index (χ0v) is 11.4. The molecule has 96 valence electrons. The van der Waals surface area contributed by atoms with Crippen LogP contribution in [0.3, 0.4) is 0 Å². The second-order valence-corrected chi connectivity index (χ2v) is 4.85. The van der Waals surface area contributed by atoms with Crippen LogP contribution >= 0.6 is 0 Å². The van der Waals surface area contributed by atoms with Gasteiger partial charge in [-0.15, -0.1) is 0 Å². The average Bonchev–Trinajstić information content (AvgIpc) is 2.45. The van der Waals surface area contributed by atoms with E-state index < -0.39 is 0 Å². The zero-order valence-electron chi connectivity index (χ0n) is 11.4. The first kappa shape index (κ1) is 13.2. The van der Waals surface area contributed by atoms with Gasteiger partial charge < -0.3 is 4.74 Å². The predicted octanol–water partition coefficient (Wildman–Crippen LogP) is 4.12. The third kappa shape index (κ3) is 4.52. The molecule has 0 radical (unpaired) electrons. The Labute approximate surface area is 115 Å². The molecule has 0 amide bonds. The fourth-order valence-corrected chi connectivity index (χ4v) is 1.56. The summed E-state index contributed by atoms with van der Waals surface area (Å²) in [7, 11) is 0. The van der Waals surface area contributed by atoms with Crippen molar-refractivity contribution >= 4 is 0 Å². The molecule has 0 atom stereocenters. The van der Waals surface area contributed by atoms with Crippen molar-refractivity contribution in [2.24, 2.45) is 5.92 Å². The Hall–Kier alpha value is -2.20. The Balaban J connectivity index is 2.01. The molecule has 2 aromatic carbocycles. The normalized spacial score (nSPS) is 9.84. The molecule has 2 rings (SSSR count). The molecule has 1 heteroatoms. The van der Waals surface area contributed by atoms with Crippen LogP contribution in [-0.4, -0.2) is 6.61 Å². The van der Waals surface area contributed by atoms with Gasteiger partial charge in [0.2, 0.25) is 0 Å². The van der Waals surface area contributed by atoms with Gasteiger partial charge in [0.1, 0.15) is 5.75 Å². The van der Waals surface area contributed by atoms with E-state index in [1.54, 1.807) is 0 Å². The maximum absolute atomic E-state index is 5.64. The molecule has 2 aromatic rings. The Kier molecular flexibility index (Phi) is 4.64. The van der Waals surface area contributed by atoms with Crippen LogP contribution < -0.4 is 4.74 Å². The van der Waals surface area contributed by atoms with Crippen molar-refractivity contribution in [2.75, 3.05) is 6.61 Å². The van der Waals surface area contributed by atoms with Crippen molar-refractivity contribution in [3.8, 4) is 17.6 Å². The van der Waals surface area contributed by atoms with Crippen molar-refractivity contribution in [1.82, 2.24) is 0 Å². The summed E-state index contributed by atoms with van der Waals surface area (Å²) >= 11 is 0. The van der Waals surface area contributed by atoms with E-state index in [1.165, 1.54) is 0 Å². The second-order valence-electron chi connectivity index (χ2n) is 4.85. The molecule has 19 heavy (non-hydrogen) atoms. The lowest BCUT2D eigenvalue weighted by molar-refractivity contribution is 0.271. The van der Waals surface area contributed by atoms with Crippen LogP contribution in [0.5, 0.6) is 5.75 Å². The molecule has 0 aliphatic heterocycles. The highest BCUT2D eigenvalue weighted by Gasteiger charge is 1.96. The number of ether oxygens (including phenoxy) is 1. The first-order chi connectivity index (χ1) is 9.24. The topological polar surface area (TPSA) is 9.23 Å². The third-order valence-corrected chi connectivity index (χ3v) is 2.56. The minimum absolute atomic E-state index is 0.539. The summed E-state index contributed by atoms with van der Waals surface area (Å²) in [5.74, 6) is 7.73. The van der Waals surface area contributed by atoms with Gasteiger partial charge in [0, 0.05) is 11.1 Å². The lowest BCUT2D eigenvalue weighted by atomic mass is 10.2. The monoisotopic (exact) mass is 250 g/mol. The largest absolute Gasteiger partial charge is 0.493 e. The molecule has 0 bridgehead atoms. The van der Waals surface area contributed by atoms with Crippen molar-refractivity contribution < 1.29 is 4.74 Å². The highest BCUT2D eigenvalue weighted by atomic mass is 16.5. The maximum atomic E-state index is 5.64. The Morgan fingerprint density at radius 3 is 2.00 bits per heavy atom. The summed E-state index contributed by atoms with van der Waals surface area (Å²) in [6.07, 6.45) is 0. The van der Waals surface area contributed by atoms with Crippen molar-refractivity contribution in [3.63, 3.8) is 0 Å². The number of rotatable bonds is 3. The van der Waals surface area contributed by atoms with E-state index in [2.05, 4.69) is 25.7 Å². The first-order valence-corrected chi connectivity index (χ1v) is 6.54. The molecule has 0 aromatic heterocycles. The number of hydrogen-bond donors (Lipinski definition) is 0. The van der Waals surface area contributed by atoms with Gasteiger partial charge in [-0.25, -0.2) is 0 Å². The summed E-state index contributed by atoms with van der Waals surface area (Å²) in [5, 5.41) is 0. The zero-order chi connectivity index (χ0) is 13.5. The lowest BCUT2D eigenvalue weighted by Gasteiger charge is -2.07. The van der Waals surface area contributed by atoms with Crippen LogP contribution in [0.2, 0.25) is 0 Å². The second kappa shape index (κ2) is 6.66. The Morgan fingerprint density at radius 1 is 0.842 bits per heavy atom. The van der Waals surface area contributed by atoms with Gasteiger partial charge in [-0.2, -0.15) is 0 Å². The quantitative estimate of drug-likeness (QED) is 0.744. The number of hydrogen-bond acceptors (Lipinski definition) is 1. The molecular formula is C18H18O. The molecule has 0 heterocycles. The van der Waals surface area contributed by atoms with Crippen LogP contribution in [0, 0.1) is 17.8 Å². The maximum Gasteiger partial charge on any atom is 0.119 e. The van der Waals surface area contributed by atoms with Crippen molar-refractivity contribution in [2.45, 2.75) is 13.8 Å². The van der Waals surface area contributed by atoms with Gasteiger partial charge in [0.15, 0.2) is 0 Å². The van der Waals surface area contributed by atoms with E-state index in [-0.39, 0.29) is 0 Å². The molecule has 0 fully saturated rings. The molecule has 0 spiro atoms. The van der Waals surface area contributed by atoms with E-state index in [4.69, 9.17) is 4.74 Å². The van der Waals surface area contributed by atoms with Gasteiger partial charge >= 0.3 is 0 Å². The molecule has 1 nitrogen and oxygen atoms in total. The number of benzene rings is 2. The Morgan fingerprint density at radius 2 is 1.42 bits per heavy atom. The summed E-state index contributed by atoms with van der Waals surface area (Å²) in [5.41, 5.74) is 2.03. The molecule has 0 saturated heterocycles. The lowest BCUT2D eigenvalue weighted by Crippen LogP contribution is -2.04. The molecule has 0 aliphatic rings. The van der Waals surface area contributed by atoms with E-state index in [0.717, 1.165) is 23.5 Å². The summed E-state index contributed by atoms with van der Waals surface area (Å²) < 4.78 is 5.64.